The van der Waals surface area contributed by atoms with Crippen molar-refractivity contribution in [3.05, 3.63) is 21.7 Å². The maximum Gasteiger partial charge on any atom is 0.271 e. The Morgan fingerprint density at radius 2 is 2.21 bits per heavy atom. The number of carbonyl (C=O) groups excluding carboxylic acids is 1. The number of nitrogens with zero attached hydrogens (tertiary/aromatic N) is 3. The second kappa shape index (κ2) is 6.03. The number of piperazine rings is 1. The summed E-state index contributed by atoms with van der Waals surface area (Å²) in [7, 11) is 1.69. The van der Waals surface area contributed by atoms with Gasteiger partial charge in [-0.25, -0.2) is 4.98 Å². The molecule has 0 radical (unpaired) electrons. The van der Waals surface area contributed by atoms with Gasteiger partial charge in [0.25, 0.3) is 5.56 Å². The van der Waals surface area contributed by atoms with E-state index >= 15 is 0 Å². The molecule has 2 heterocycles. The lowest BCUT2D eigenvalue weighted by atomic mass is 10.3. The number of likely N-dealkylation sites (N-methyl/N-ethyl adjacent to an activating group) is 1. The molecule has 0 aliphatic carbocycles. The fraction of sp³-hybridized carbons (Fsp3) is 0.545. The van der Waals surface area contributed by atoms with Crippen LogP contribution in [-0.2, 0) is 4.79 Å². The van der Waals surface area contributed by atoms with E-state index in [0.717, 1.165) is 13.1 Å². The van der Waals surface area contributed by atoms with Crippen molar-refractivity contribution in [2.45, 2.75) is 0 Å². The zero-order valence-electron chi connectivity index (χ0n) is 10.6. The van der Waals surface area contributed by atoms with Gasteiger partial charge in [-0.15, -0.1) is 0 Å². The molecule has 2 N–H and O–H groups in total. The third-order valence-electron chi connectivity index (χ3n) is 2.98. The zero-order valence-corrected chi connectivity index (χ0v) is 11.4. The van der Waals surface area contributed by atoms with Gasteiger partial charge < -0.3 is 20.1 Å². The first-order valence-corrected chi connectivity index (χ1v) is 6.40. The van der Waals surface area contributed by atoms with E-state index in [1.807, 2.05) is 0 Å². The minimum Gasteiger partial charge on any atom is -0.349 e. The van der Waals surface area contributed by atoms with Crippen LogP contribution in [-0.4, -0.2) is 60.5 Å². The van der Waals surface area contributed by atoms with Crippen LogP contribution in [0.25, 0.3) is 0 Å². The molecule has 1 fully saturated rings. The molecule has 8 heteroatoms. The van der Waals surface area contributed by atoms with Gasteiger partial charge in [-0.1, -0.05) is 11.6 Å². The molecule has 0 spiro atoms. The first-order valence-electron chi connectivity index (χ1n) is 6.02. The standard InChI is InChI=1S/C11H16ClN5O2/c1-16(10-9(12)11(19)15-7-14-10)6-8(18)17-4-2-13-3-5-17/h7,13H,2-6H2,1H3,(H,14,15,19). The summed E-state index contributed by atoms with van der Waals surface area (Å²) in [6.07, 6.45) is 1.27. The monoisotopic (exact) mass is 285 g/mol. The largest absolute Gasteiger partial charge is 0.349 e. The first-order chi connectivity index (χ1) is 9.09. The number of halogens is 1. The molecule has 1 amide bonds. The third kappa shape index (κ3) is 3.24. The fourth-order valence-electron chi connectivity index (χ4n) is 1.93. The van der Waals surface area contributed by atoms with Gasteiger partial charge in [-0.3, -0.25) is 9.59 Å². The number of amides is 1. The van der Waals surface area contributed by atoms with Gasteiger partial charge in [-0.2, -0.15) is 0 Å². The lowest BCUT2D eigenvalue weighted by Crippen LogP contribution is -2.49. The van der Waals surface area contributed by atoms with E-state index < -0.39 is 5.56 Å². The molecule has 19 heavy (non-hydrogen) atoms. The van der Waals surface area contributed by atoms with E-state index in [2.05, 4.69) is 15.3 Å². The topological polar surface area (TPSA) is 81.3 Å². The SMILES string of the molecule is CN(CC(=O)N1CCNCC1)c1nc[nH]c(=O)c1Cl. The van der Waals surface area contributed by atoms with E-state index in [1.165, 1.54) is 6.33 Å². The van der Waals surface area contributed by atoms with Crippen LogP contribution in [0.1, 0.15) is 0 Å². The van der Waals surface area contributed by atoms with Crippen molar-refractivity contribution in [3.63, 3.8) is 0 Å². The summed E-state index contributed by atoms with van der Waals surface area (Å²) < 4.78 is 0. The van der Waals surface area contributed by atoms with E-state index in [-0.39, 0.29) is 17.5 Å². The van der Waals surface area contributed by atoms with Crippen LogP contribution in [0, 0.1) is 0 Å². The van der Waals surface area contributed by atoms with Crippen LogP contribution in [0.5, 0.6) is 0 Å². The van der Waals surface area contributed by atoms with Crippen molar-refractivity contribution >= 4 is 23.3 Å². The van der Waals surface area contributed by atoms with Crippen molar-refractivity contribution < 1.29 is 4.79 Å². The van der Waals surface area contributed by atoms with Crippen LogP contribution < -0.4 is 15.8 Å². The molecule has 0 atom stereocenters. The van der Waals surface area contributed by atoms with Crippen LogP contribution in [0.3, 0.4) is 0 Å². The second-order valence-electron chi connectivity index (χ2n) is 4.36. The van der Waals surface area contributed by atoms with Crippen LogP contribution in [0.4, 0.5) is 5.82 Å². The Labute approximate surface area is 115 Å². The Bertz CT molecular complexity index is 512. The second-order valence-corrected chi connectivity index (χ2v) is 4.73. The molecule has 0 unspecified atom stereocenters. The van der Waals surface area contributed by atoms with E-state index in [4.69, 9.17) is 11.6 Å². The lowest BCUT2D eigenvalue weighted by Gasteiger charge is -2.29. The highest BCUT2D eigenvalue weighted by Crippen LogP contribution is 2.16. The molecule has 1 saturated heterocycles. The minimum absolute atomic E-state index is 0.00175. The number of anilines is 1. The quantitative estimate of drug-likeness (QED) is 0.767. The third-order valence-corrected chi connectivity index (χ3v) is 3.32. The molecule has 1 aromatic heterocycles. The average Bonchev–Trinajstić information content (AvgIpc) is 2.42. The molecule has 1 aromatic rings. The van der Waals surface area contributed by atoms with Crippen molar-refractivity contribution in [2.75, 3.05) is 44.7 Å². The van der Waals surface area contributed by atoms with Crippen LogP contribution >= 0.6 is 11.6 Å². The number of hydrogen-bond donors (Lipinski definition) is 2. The maximum atomic E-state index is 12.1. The summed E-state index contributed by atoms with van der Waals surface area (Å²) in [6, 6.07) is 0. The van der Waals surface area contributed by atoms with Gasteiger partial charge >= 0.3 is 0 Å². The number of H-pyrrole nitrogens is 1. The predicted molar refractivity (Wildman–Crippen MR) is 72.6 cm³/mol. The Morgan fingerprint density at radius 1 is 1.53 bits per heavy atom. The molecule has 1 aliphatic rings. The van der Waals surface area contributed by atoms with Gasteiger partial charge in [0.15, 0.2) is 5.82 Å². The first kappa shape index (κ1) is 13.8. The highest BCUT2D eigenvalue weighted by Gasteiger charge is 2.19. The van der Waals surface area contributed by atoms with Gasteiger partial charge in [-0.05, 0) is 0 Å². The summed E-state index contributed by atoms with van der Waals surface area (Å²) in [5.74, 6) is 0.316. The van der Waals surface area contributed by atoms with E-state index in [1.54, 1.807) is 16.8 Å². The molecule has 0 aromatic carbocycles. The molecule has 7 nitrogen and oxygen atoms in total. The molecule has 1 aliphatic heterocycles. The Morgan fingerprint density at radius 3 is 2.89 bits per heavy atom. The predicted octanol–water partition coefficient (Wildman–Crippen LogP) is -0.709. The Hall–Kier alpha value is -1.60. The summed E-state index contributed by atoms with van der Waals surface area (Å²) in [5, 5.41) is 3.18. The van der Waals surface area contributed by atoms with Gasteiger partial charge in [0.1, 0.15) is 5.02 Å². The smallest absolute Gasteiger partial charge is 0.271 e. The maximum absolute atomic E-state index is 12.1. The summed E-state index contributed by atoms with van der Waals surface area (Å²) >= 11 is 5.87. The van der Waals surface area contributed by atoms with Crippen molar-refractivity contribution in [1.29, 1.82) is 0 Å². The fourth-order valence-corrected chi connectivity index (χ4v) is 2.18. The molecular weight excluding hydrogens is 270 g/mol. The number of hydrogen-bond acceptors (Lipinski definition) is 5. The van der Waals surface area contributed by atoms with Gasteiger partial charge in [0, 0.05) is 33.2 Å². The van der Waals surface area contributed by atoms with E-state index in [9.17, 15) is 9.59 Å². The lowest BCUT2D eigenvalue weighted by molar-refractivity contribution is -0.130. The van der Waals surface area contributed by atoms with Crippen LogP contribution in [0.15, 0.2) is 11.1 Å². The Balaban J connectivity index is 2.04. The molecule has 0 bridgehead atoms. The van der Waals surface area contributed by atoms with Crippen LogP contribution in [0.2, 0.25) is 5.02 Å². The molecule has 104 valence electrons. The van der Waals surface area contributed by atoms with Crippen molar-refractivity contribution in [3.8, 4) is 0 Å². The normalized spacial score (nSPS) is 15.4. The van der Waals surface area contributed by atoms with E-state index in [0.29, 0.717) is 18.9 Å². The highest BCUT2D eigenvalue weighted by molar-refractivity contribution is 6.32. The zero-order chi connectivity index (χ0) is 13.8. The average molecular weight is 286 g/mol. The Kier molecular flexibility index (Phi) is 4.39. The summed E-state index contributed by atoms with van der Waals surface area (Å²) in [5.41, 5.74) is -0.409. The van der Waals surface area contributed by atoms with Gasteiger partial charge in [0.05, 0.1) is 12.9 Å². The summed E-state index contributed by atoms with van der Waals surface area (Å²) in [6.45, 7) is 3.15. The number of carbonyl (C=O) groups is 1. The number of aromatic nitrogens is 2. The molecule has 0 saturated carbocycles. The number of rotatable bonds is 3. The van der Waals surface area contributed by atoms with Crippen molar-refractivity contribution in [2.24, 2.45) is 0 Å². The molecule has 2 rings (SSSR count). The highest BCUT2D eigenvalue weighted by atomic mass is 35.5. The number of aromatic amines is 1. The number of nitrogens with one attached hydrogen (secondary N) is 2. The summed E-state index contributed by atoms with van der Waals surface area (Å²) in [4.78, 5) is 33.2. The minimum atomic E-state index is -0.409. The molecular formula is C11H16ClN5O2. The van der Waals surface area contributed by atoms with Gasteiger partial charge in [0.2, 0.25) is 5.91 Å². The van der Waals surface area contributed by atoms with Crippen molar-refractivity contribution in [1.82, 2.24) is 20.2 Å².